The average molecular weight is 502 g/mol. The van der Waals surface area contributed by atoms with Gasteiger partial charge in [0.25, 0.3) is 0 Å². The molecule has 0 radical (unpaired) electrons. The fourth-order valence-electron chi connectivity index (χ4n) is 5.40. The summed E-state index contributed by atoms with van der Waals surface area (Å²) in [6.07, 6.45) is -1.09. The molecule has 1 aromatic carbocycles. The summed E-state index contributed by atoms with van der Waals surface area (Å²) >= 11 is 0. The van der Waals surface area contributed by atoms with Crippen molar-refractivity contribution in [3.63, 3.8) is 0 Å². The van der Waals surface area contributed by atoms with Gasteiger partial charge in [-0.15, -0.1) is 0 Å². The summed E-state index contributed by atoms with van der Waals surface area (Å²) in [4.78, 5) is 31.4. The smallest absolute Gasteiger partial charge is 0.416 e. The summed E-state index contributed by atoms with van der Waals surface area (Å²) in [7, 11) is 0. The first-order valence-corrected chi connectivity index (χ1v) is 12.0. The van der Waals surface area contributed by atoms with Crippen LogP contribution in [0.15, 0.2) is 63.3 Å². The minimum absolute atomic E-state index is 0.0539. The van der Waals surface area contributed by atoms with Crippen LogP contribution in [0.5, 0.6) is 0 Å². The number of benzene rings is 1. The first-order chi connectivity index (χ1) is 17.2. The van der Waals surface area contributed by atoms with Crippen molar-refractivity contribution in [2.24, 2.45) is 10.9 Å². The number of carbonyl (C=O) groups excluding carboxylic acids is 2. The fourth-order valence-corrected chi connectivity index (χ4v) is 5.40. The molecule has 3 heterocycles. The molecule has 6 nitrogen and oxygen atoms in total. The molecule has 2 aromatic rings. The normalized spacial score (nSPS) is 26.6. The number of alkyl halides is 3. The standard InChI is InChI=1S/C27H26F3NO5/c1-15-23(26(33)36-14-19-7-3-9-34-19)24(16-5-2-6-18(11-16)27(28,29)30)25-20(31-15)12-17(13-21(25)32)22-8-4-10-35-22/h2,4-6,8,10-11,17,19,23-24H,3,7,9,12-14H2,1H3. The van der Waals surface area contributed by atoms with E-state index in [1.807, 2.05) is 0 Å². The molecule has 36 heavy (non-hydrogen) atoms. The highest BCUT2D eigenvalue weighted by Crippen LogP contribution is 2.47. The number of hydrogen-bond acceptors (Lipinski definition) is 6. The van der Waals surface area contributed by atoms with E-state index in [9.17, 15) is 22.8 Å². The van der Waals surface area contributed by atoms with Gasteiger partial charge in [-0.2, -0.15) is 13.2 Å². The number of allylic oxidation sites excluding steroid dienone is 2. The second-order valence-electron chi connectivity index (χ2n) is 9.50. The summed E-state index contributed by atoms with van der Waals surface area (Å²) < 4.78 is 57.3. The summed E-state index contributed by atoms with van der Waals surface area (Å²) in [5.41, 5.74) is 0.555. The van der Waals surface area contributed by atoms with Gasteiger partial charge in [0.15, 0.2) is 5.78 Å². The highest BCUT2D eigenvalue weighted by molar-refractivity contribution is 6.09. The molecule has 3 aliphatic rings. The molecule has 1 saturated heterocycles. The Bertz CT molecular complexity index is 1210. The third-order valence-corrected chi connectivity index (χ3v) is 7.10. The van der Waals surface area contributed by atoms with E-state index in [0.29, 0.717) is 30.2 Å². The second-order valence-corrected chi connectivity index (χ2v) is 9.50. The summed E-state index contributed by atoms with van der Waals surface area (Å²) in [5, 5.41) is 0. The summed E-state index contributed by atoms with van der Waals surface area (Å²) in [6.45, 7) is 2.31. The van der Waals surface area contributed by atoms with Crippen molar-refractivity contribution < 1.29 is 36.7 Å². The van der Waals surface area contributed by atoms with Crippen molar-refractivity contribution in [1.29, 1.82) is 0 Å². The van der Waals surface area contributed by atoms with Crippen molar-refractivity contribution in [3.8, 4) is 0 Å². The fraction of sp³-hybridized carbons (Fsp3) is 0.444. The van der Waals surface area contributed by atoms with Crippen LogP contribution in [0.2, 0.25) is 0 Å². The predicted octanol–water partition coefficient (Wildman–Crippen LogP) is 5.60. The molecular weight excluding hydrogens is 475 g/mol. The highest BCUT2D eigenvalue weighted by Gasteiger charge is 2.46. The third-order valence-electron chi connectivity index (χ3n) is 7.10. The molecule has 0 amide bonds. The lowest BCUT2D eigenvalue weighted by atomic mass is 9.69. The largest absolute Gasteiger partial charge is 0.469 e. The SMILES string of the molecule is CC1=NC2=C(C(=O)CC(c3ccco3)C2)C(c2cccc(C(F)(F)F)c2)C1C(=O)OCC1CCCO1. The Labute approximate surface area is 206 Å². The maximum Gasteiger partial charge on any atom is 0.416 e. The molecule has 4 atom stereocenters. The Hall–Kier alpha value is -3.20. The van der Waals surface area contributed by atoms with Crippen LogP contribution in [0.4, 0.5) is 13.2 Å². The lowest BCUT2D eigenvalue weighted by Crippen LogP contribution is -2.38. The number of esters is 1. The van der Waals surface area contributed by atoms with Crippen LogP contribution in [0.3, 0.4) is 0 Å². The van der Waals surface area contributed by atoms with Crippen LogP contribution in [0, 0.1) is 5.92 Å². The van der Waals surface area contributed by atoms with Crippen molar-refractivity contribution >= 4 is 17.5 Å². The number of furan rings is 1. The van der Waals surface area contributed by atoms with Crippen molar-refractivity contribution in [2.45, 2.75) is 56.7 Å². The highest BCUT2D eigenvalue weighted by atomic mass is 19.4. The van der Waals surface area contributed by atoms with Gasteiger partial charge in [0, 0.05) is 48.3 Å². The van der Waals surface area contributed by atoms with Crippen LogP contribution in [0.1, 0.15) is 61.3 Å². The molecule has 2 aliphatic heterocycles. The van der Waals surface area contributed by atoms with Crippen LogP contribution >= 0.6 is 0 Å². The maximum absolute atomic E-state index is 13.6. The number of hydrogen-bond donors (Lipinski definition) is 0. The molecule has 190 valence electrons. The molecule has 0 saturated carbocycles. The number of carbonyl (C=O) groups is 2. The zero-order chi connectivity index (χ0) is 25.4. The first kappa shape index (κ1) is 24.5. The molecule has 0 bridgehead atoms. The number of ether oxygens (including phenoxy) is 2. The van der Waals surface area contributed by atoms with E-state index < -0.39 is 29.5 Å². The number of Topliss-reactive ketones (excluding diaryl/α,β-unsaturated/α-hetero) is 1. The van der Waals surface area contributed by atoms with Crippen molar-refractivity contribution in [1.82, 2.24) is 0 Å². The maximum atomic E-state index is 13.6. The Kier molecular flexibility index (Phi) is 6.59. The molecule has 0 N–H and O–H groups in total. The minimum Gasteiger partial charge on any atom is -0.469 e. The molecule has 1 fully saturated rings. The molecule has 9 heteroatoms. The quantitative estimate of drug-likeness (QED) is 0.499. The van der Waals surface area contributed by atoms with Crippen LogP contribution in [0.25, 0.3) is 0 Å². The van der Waals surface area contributed by atoms with E-state index >= 15 is 0 Å². The van der Waals surface area contributed by atoms with Gasteiger partial charge >= 0.3 is 12.1 Å². The number of ketones is 1. The van der Waals surface area contributed by atoms with Gasteiger partial charge < -0.3 is 13.9 Å². The lowest BCUT2D eigenvalue weighted by molar-refractivity contribution is -0.149. The van der Waals surface area contributed by atoms with E-state index in [1.54, 1.807) is 19.1 Å². The Morgan fingerprint density at radius 2 is 2.03 bits per heavy atom. The predicted molar refractivity (Wildman–Crippen MR) is 123 cm³/mol. The topological polar surface area (TPSA) is 78.1 Å². The van der Waals surface area contributed by atoms with E-state index in [0.717, 1.165) is 25.0 Å². The van der Waals surface area contributed by atoms with Gasteiger partial charge in [-0.3, -0.25) is 14.6 Å². The van der Waals surface area contributed by atoms with Crippen LogP contribution in [-0.2, 0) is 25.2 Å². The van der Waals surface area contributed by atoms with Crippen molar-refractivity contribution in [2.75, 3.05) is 13.2 Å². The van der Waals surface area contributed by atoms with E-state index in [2.05, 4.69) is 4.99 Å². The van der Waals surface area contributed by atoms with Crippen LogP contribution in [-0.4, -0.2) is 36.8 Å². The number of nitrogens with zero attached hydrogens (tertiary/aromatic N) is 1. The summed E-state index contributed by atoms with van der Waals surface area (Å²) in [5.74, 6) is -2.40. The van der Waals surface area contributed by atoms with E-state index in [1.165, 1.54) is 18.4 Å². The summed E-state index contributed by atoms with van der Waals surface area (Å²) in [6, 6.07) is 8.34. The number of halogens is 3. The lowest BCUT2D eigenvalue weighted by Gasteiger charge is -2.36. The van der Waals surface area contributed by atoms with Crippen molar-refractivity contribution in [3.05, 3.63) is 70.8 Å². The Balaban J connectivity index is 1.54. The van der Waals surface area contributed by atoms with Gasteiger partial charge in [-0.1, -0.05) is 18.2 Å². The molecule has 5 rings (SSSR count). The zero-order valence-electron chi connectivity index (χ0n) is 19.7. The van der Waals surface area contributed by atoms with E-state index in [4.69, 9.17) is 13.9 Å². The van der Waals surface area contributed by atoms with Crippen LogP contribution < -0.4 is 0 Å². The number of rotatable bonds is 5. The Morgan fingerprint density at radius 1 is 1.19 bits per heavy atom. The zero-order valence-corrected chi connectivity index (χ0v) is 19.7. The minimum atomic E-state index is -4.57. The molecule has 0 spiro atoms. The van der Waals surface area contributed by atoms with Gasteiger partial charge in [0.1, 0.15) is 18.3 Å². The molecule has 1 aromatic heterocycles. The average Bonchev–Trinajstić information content (AvgIpc) is 3.55. The van der Waals surface area contributed by atoms with Gasteiger partial charge in [0.2, 0.25) is 0 Å². The molecule has 1 aliphatic carbocycles. The van der Waals surface area contributed by atoms with Gasteiger partial charge in [-0.05, 0) is 43.5 Å². The monoisotopic (exact) mass is 501 g/mol. The van der Waals surface area contributed by atoms with Gasteiger partial charge in [0.05, 0.1) is 17.9 Å². The molecular formula is C27H26F3NO5. The number of aliphatic imine (C=N–C) groups is 1. The molecule has 4 unspecified atom stereocenters. The Morgan fingerprint density at radius 3 is 2.72 bits per heavy atom. The third kappa shape index (κ3) is 4.76. The second kappa shape index (κ2) is 9.69. The first-order valence-electron chi connectivity index (χ1n) is 12.0. The van der Waals surface area contributed by atoms with E-state index in [-0.39, 0.29) is 42.0 Å². The van der Waals surface area contributed by atoms with Gasteiger partial charge in [-0.25, -0.2) is 0 Å².